The van der Waals surface area contributed by atoms with Crippen molar-refractivity contribution in [3.05, 3.63) is 60.0 Å². The molecule has 1 aliphatic rings. The standard InChI is InChI=1S/C20H19N5O5/c21-9-20(10-29-15(26)8-12-4-2-1-3-5-12)18(28)16(27)17(30-20)13-6-7-14-19(22)23-11-24-25(13)14/h1-7,11,16-18,27-28H,8,10H2,(H2,22,23,24)/t16-,17-,18-,20+/m0/s1. The first-order valence-electron chi connectivity index (χ1n) is 9.18. The summed E-state index contributed by atoms with van der Waals surface area (Å²) in [7, 11) is 0. The van der Waals surface area contributed by atoms with E-state index in [1.807, 2.05) is 12.1 Å². The molecule has 30 heavy (non-hydrogen) atoms. The van der Waals surface area contributed by atoms with Gasteiger partial charge in [-0.25, -0.2) is 9.50 Å². The fraction of sp³-hybridized carbons (Fsp3) is 0.300. The van der Waals surface area contributed by atoms with Crippen LogP contribution in [0.15, 0.2) is 48.8 Å². The van der Waals surface area contributed by atoms with E-state index in [0.29, 0.717) is 11.2 Å². The lowest BCUT2D eigenvalue weighted by molar-refractivity contribution is -0.154. The minimum atomic E-state index is -1.93. The van der Waals surface area contributed by atoms with Crippen molar-refractivity contribution in [1.82, 2.24) is 14.6 Å². The normalized spacial score (nSPS) is 25.8. The quantitative estimate of drug-likeness (QED) is 0.499. The Morgan fingerprint density at radius 3 is 2.80 bits per heavy atom. The molecular weight excluding hydrogens is 390 g/mol. The summed E-state index contributed by atoms with van der Waals surface area (Å²) in [6.07, 6.45) is -2.91. The number of fused-ring (bicyclic) bond motifs is 1. The van der Waals surface area contributed by atoms with E-state index in [1.54, 1.807) is 36.4 Å². The average molecular weight is 409 g/mol. The number of benzene rings is 1. The summed E-state index contributed by atoms with van der Waals surface area (Å²) in [6, 6.07) is 14.1. The number of hydrogen-bond acceptors (Lipinski definition) is 9. The number of nitrogen functional groups attached to an aromatic ring is 1. The molecule has 0 aliphatic carbocycles. The van der Waals surface area contributed by atoms with Gasteiger partial charge in [0.25, 0.3) is 0 Å². The summed E-state index contributed by atoms with van der Waals surface area (Å²) in [5, 5.41) is 34.9. The third kappa shape index (κ3) is 3.35. The Morgan fingerprint density at radius 2 is 2.07 bits per heavy atom. The molecule has 4 N–H and O–H groups in total. The van der Waals surface area contributed by atoms with Crippen LogP contribution in [0.5, 0.6) is 0 Å². The van der Waals surface area contributed by atoms with Crippen molar-refractivity contribution in [2.24, 2.45) is 0 Å². The van der Waals surface area contributed by atoms with Crippen LogP contribution in [0.2, 0.25) is 0 Å². The Balaban J connectivity index is 1.53. The van der Waals surface area contributed by atoms with Crippen LogP contribution in [0.3, 0.4) is 0 Å². The number of nitriles is 1. The van der Waals surface area contributed by atoms with Gasteiger partial charge in [-0.3, -0.25) is 4.79 Å². The maximum absolute atomic E-state index is 12.2. The van der Waals surface area contributed by atoms with Gasteiger partial charge in [0, 0.05) is 0 Å². The predicted octanol–water partition coefficient (Wildman–Crippen LogP) is 0.153. The van der Waals surface area contributed by atoms with Crippen LogP contribution in [0, 0.1) is 11.3 Å². The van der Waals surface area contributed by atoms with E-state index in [0.717, 1.165) is 5.56 Å². The number of anilines is 1. The molecule has 4 rings (SSSR count). The van der Waals surface area contributed by atoms with Crippen molar-refractivity contribution < 1.29 is 24.5 Å². The molecule has 1 aliphatic heterocycles. The Labute approximate surface area is 171 Å². The van der Waals surface area contributed by atoms with Gasteiger partial charge in [0.1, 0.15) is 42.8 Å². The second-order valence-corrected chi connectivity index (χ2v) is 7.00. The van der Waals surface area contributed by atoms with E-state index in [2.05, 4.69) is 10.1 Å². The topological polar surface area (TPSA) is 156 Å². The molecule has 0 spiro atoms. The van der Waals surface area contributed by atoms with E-state index < -0.39 is 36.5 Å². The molecule has 0 bridgehead atoms. The Bertz CT molecular complexity index is 1110. The molecule has 0 radical (unpaired) electrons. The molecule has 0 unspecified atom stereocenters. The van der Waals surface area contributed by atoms with Gasteiger partial charge in [-0.2, -0.15) is 10.4 Å². The van der Waals surface area contributed by atoms with E-state index in [1.165, 1.54) is 10.8 Å². The zero-order chi connectivity index (χ0) is 21.3. The molecule has 10 heteroatoms. The number of esters is 1. The van der Waals surface area contributed by atoms with E-state index >= 15 is 0 Å². The van der Waals surface area contributed by atoms with Gasteiger partial charge in [-0.15, -0.1) is 0 Å². The smallest absolute Gasteiger partial charge is 0.310 e. The van der Waals surface area contributed by atoms with Crippen LogP contribution in [-0.4, -0.2) is 55.2 Å². The molecule has 4 atom stereocenters. The van der Waals surface area contributed by atoms with Crippen molar-refractivity contribution >= 4 is 17.3 Å². The highest BCUT2D eigenvalue weighted by Crippen LogP contribution is 2.40. The second-order valence-electron chi connectivity index (χ2n) is 7.00. The number of ether oxygens (including phenoxy) is 2. The highest BCUT2D eigenvalue weighted by atomic mass is 16.6. The molecule has 10 nitrogen and oxygen atoms in total. The molecule has 2 aromatic heterocycles. The summed E-state index contributed by atoms with van der Waals surface area (Å²) in [6.45, 7) is -0.537. The van der Waals surface area contributed by atoms with Gasteiger partial charge in [-0.1, -0.05) is 30.3 Å². The van der Waals surface area contributed by atoms with Crippen LogP contribution >= 0.6 is 0 Å². The monoisotopic (exact) mass is 409 g/mol. The largest absolute Gasteiger partial charge is 0.461 e. The minimum Gasteiger partial charge on any atom is -0.461 e. The first-order chi connectivity index (χ1) is 14.4. The highest BCUT2D eigenvalue weighted by Gasteiger charge is 2.57. The summed E-state index contributed by atoms with van der Waals surface area (Å²) in [5.41, 5.74) is 5.50. The van der Waals surface area contributed by atoms with Crippen molar-refractivity contribution in [1.29, 1.82) is 5.26 Å². The van der Waals surface area contributed by atoms with E-state index in [4.69, 9.17) is 15.2 Å². The third-order valence-corrected chi connectivity index (χ3v) is 5.08. The minimum absolute atomic E-state index is 0.00393. The maximum Gasteiger partial charge on any atom is 0.310 e. The summed E-state index contributed by atoms with van der Waals surface area (Å²) < 4.78 is 12.4. The molecule has 1 fully saturated rings. The number of aliphatic hydroxyl groups excluding tert-OH is 2. The average Bonchev–Trinajstić information content (AvgIpc) is 3.29. The number of carbonyl (C=O) groups excluding carboxylic acids is 1. The van der Waals surface area contributed by atoms with Crippen LogP contribution in [0.25, 0.3) is 5.52 Å². The van der Waals surface area contributed by atoms with Crippen molar-refractivity contribution in [3.63, 3.8) is 0 Å². The van der Waals surface area contributed by atoms with Gasteiger partial charge in [0.2, 0.25) is 5.60 Å². The van der Waals surface area contributed by atoms with Crippen LogP contribution in [-0.2, 0) is 20.7 Å². The van der Waals surface area contributed by atoms with Gasteiger partial charge in [0.15, 0.2) is 5.82 Å². The third-order valence-electron chi connectivity index (χ3n) is 5.08. The lowest BCUT2D eigenvalue weighted by Gasteiger charge is -2.24. The molecule has 0 saturated carbocycles. The van der Waals surface area contributed by atoms with Gasteiger partial charge >= 0.3 is 5.97 Å². The number of aromatic nitrogens is 3. The van der Waals surface area contributed by atoms with E-state index in [-0.39, 0.29) is 12.2 Å². The summed E-state index contributed by atoms with van der Waals surface area (Å²) in [5.74, 6) is -0.358. The number of aliphatic hydroxyl groups is 2. The van der Waals surface area contributed by atoms with Crippen molar-refractivity contribution in [2.75, 3.05) is 12.3 Å². The van der Waals surface area contributed by atoms with Gasteiger partial charge < -0.3 is 25.4 Å². The molecule has 1 saturated heterocycles. The molecule has 3 aromatic rings. The lowest BCUT2D eigenvalue weighted by Crippen LogP contribution is -2.46. The maximum atomic E-state index is 12.2. The predicted molar refractivity (Wildman–Crippen MR) is 103 cm³/mol. The number of rotatable bonds is 5. The van der Waals surface area contributed by atoms with Crippen molar-refractivity contribution in [3.8, 4) is 6.07 Å². The zero-order valence-electron chi connectivity index (χ0n) is 15.8. The van der Waals surface area contributed by atoms with Crippen LogP contribution in [0.4, 0.5) is 5.82 Å². The lowest BCUT2D eigenvalue weighted by atomic mass is 9.96. The van der Waals surface area contributed by atoms with Gasteiger partial charge in [0.05, 0.1) is 12.1 Å². The Hall–Kier alpha value is -3.52. The molecule has 1 aromatic carbocycles. The Morgan fingerprint density at radius 1 is 1.30 bits per heavy atom. The summed E-state index contributed by atoms with van der Waals surface area (Å²) >= 11 is 0. The second kappa shape index (κ2) is 7.72. The van der Waals surface area contributed by atoms with Crippen molar-refractivity contribution in [2.45, 2.75) is 30.3 Å². The van der Waals surface area contributed by atoms with Crippen LogP contribution < -0.4 is 5.73 Å². The fourth-order valence-electron chi connectivity index (χ4n) is 3.48. The number of hydrogen-bond donors (Lipinski definition) is 3. The van der Waals surface area contributed by atoms with Gasteiger partial charge in [-0.05, 0) is 17.7 Å². The fourth-order valence-corrected chi connectivity index (χ4v) is 3.48. The Kier molecular flexibility index (Phi) is 5.09. The first kappa shape index (κ1) is 19.8. The molecule has 3 heterocycles. The summed E-state index contributed by atoms with van der Waals surface area (Å²) in [4.78, 5) is 16.1. The molecular formula is C20H19N5O5. The van der Waals surface area contributed by atoms with Crippen LogP contribution in [0.1, 0.15) is 17.4 Å². The number of nitrogens with two attached hydrogens (primary N) is 1. The first-order valence-corrected chi connectivity index (χ1v) is 9.18. The van der Waals surface area contributed by atoms with E-state index in [9.17, 15) is 20.3 Å². The molecule has 0 amide bonds. The highest BCUT2D eigenvalue weighted by molar-refractivity contribution is 5.72. The number of nitrogens with zero attached hydrogens (tertiary/aromatic N) is 4. The molecule has 154 valence electrons. The number of carbonyl (C=O) groups is 1. The zero-order valence-corrected chi connectivity index (χ0v) is 15.8. The SMILES string of the molecule is N#C[C@]1(COC(=O)Cc2ccccc2)O[C@@H](c2ccc3c(N)ncnn23)[C@H](O)[C@@H]1O.